The summed E-state index contributed by atoms with van der Waals surface area (Å²) < 4.78 is 0. The van der Waals surface area contributed by atoms with Gasteiger partial charge in [-0.25, -0.2) is 4.98 Å². The van der Waals surface area contributed by atoms with Crippen LogP contribution >= 0.6 is 11.8 Å². The van der Waals surface area contributed by atoms with Crippen molar-refractivity contribution < 1.29 is 9.59 Å². The number of pyridine rings is 1. The normalized spacial score (nSPS) is 10.2. The molecule has 7 heteroatoms. The van der Waals surface area contributed by atoms with E-state index >= 15 is 0 Å². The van der Waals surface area contributed by atoms with Crippen molar-refractivity contribution in [1.29, 1.82) is 5.26 Å². The SMILES string of the molecule is Cc1ccc2nc(SCC(=O)NNC(=O)c3ccccc3)c(C#N)cc2c1. The highest BCUT2D eigenvalue weighted by atomic mass is 32.2. The summed E-state index contributed by atoms with van der Waals surface area (Å²) in [6, 6.07) is 18.3. The number of fused-ring (bicyclic) bond motifs is 1. The molecule has 0 atom stereocenters. The molecule has 0 aliphatic carbocycles. The molecule has 0 spiro atoms. The number of nitrogens with zero attached hydrogens (tertiary/aromatic N) is 2. The molecule has 2 aromatic carbocycles. The summed E-state index contributed by atoms with van der Waals surface area (Å²) in [5.41, 5.74) is 7.44. The van der Waals surface area contributed by atoms with E-state index in [2.05, 4.69) is 21.9 Å². The first-order valence-electron chi connectivity index (χ1n) is 8.15. The number of carbonyl (C=O) groups is 2. The van der Waals surface area contributed by atoms with Crippen LogP contribution < -0.4 is 10.9 Å². The van der Waals surface area contributed by atoms with Crippen molar-refractivity contribution in [3.8, 4) is 6.07 Å². The lowest BCUT2D eigenvalue weighted by Gasteiger charge is -2.08. The fourth-order valence-corrected chi connectivity index (χ4v) is 3.19. The predicted octanol–water partition coefficient (Wildman–Crippen LogP) is 2.97. The largest absolute Gasteiger partial charge is 0.272 e. The Morgan fingerprint density at radius 1 is 1.11 bits per heavy atom. The van der Waals surface area contributed by atoms with Crippen molar-refractivity contribution in [3.63, 3.8) is 0 Å². The van der Waals surface area contributed by atoms with Crippen LogP contribution in [0.5, 0.6) is 0 Å². The van der Waals surface area contributed by atoms with Crippen molar-refractivity contribution in [1.82, 2.24) is 15.8 Å². The Kier molecular flexibility index (Phi) is 5.69. The third-order valence-corrected chi connectivity index (χ3v) is 4.74. The Bertz CT molecular complexity index is 1050. The predicted molar refractivity (Wildman–Crippen MR) is 104 cm³/mol. The maximum atomic E-state index is 12.0. The zero-order valence-electron chi connectivity index (χ0n) is 14.5. The lowest BCUT2D eigenvalue weighted by atomic mass is 10.1. The monoisotopic (exact) mass is 376 g/mol. The van der Waals surface area contributed by atoms with Gasteiger partial charge in [0.15, 0.2) is 0 Å². The van der Waals surface area contributed by atoms with Crippen molar-refractivity contribution in [2.75, 3.05) is 5.75 Å². The Hall–Kier alpha value is -3.37. The van der Waals surface area contributed by atoms with Crippen LogP contribution in [0.3, 0.4) is 0 Å². The summed E-state index contributed by atoms with van der Waals surface area (Å²) in [6.45, 7) is 1.97. The van der Waals surface area contributed by atoms with E-state index in [-0.39, 0.29) is 11.7 Å². The Labute approximate surface area is 160 Å². The maximum Gasteiger partial charge on any atom is 0.269 e. The topological polar surface area (TPSA) is 94.9 Å². The van der Waals surface area contributed by atoms with Crippen molar-refractivity contribution in [2.45, 2.75) is 11.9 Å². The number of aromatic nitrogens is 1. The fraction of sp³-hybridized carbons (Fsp3) is 0.100. The van der Waals surface area contributed by atoms with Gasteiger partial charge in [-0.15, -0.1) is 0 Å². The number of carbonyl (C=O) groups excluding carboxylic acids is 2. The van der Waals surface area contributed by atoms with E-state index in [1.54, 1.807) is 36.4 Å². The molecule has 0 radical (unpaired) electrons. The number of hydrogen-bond donors (Lipinski definition) is 2. The van der Waals surface area contributed by atoms with Crippen LogP contribution in [0.1, 0.15) is 21.5 Å². The van der Waals surface area contributed by atoms with E-state index in [1.165, 1.54) is 0 Å². The molecular formula is C20H16N4O2S. The van der Waals surface area contributed by atoms with E-state index in [1.807, 2.05) is 25.1 Å². The lowest BCUT2D eigenvalue weighted by molar-refractivity contribution is -0.119. The first-order valence-corrected chi connectivity index (χ1v) is 9.14. The number of hydrogen-bond acceptors (Lipinski definition) is 5. The van der Waals surface area contributed by atoms with E-state index < -0.39 is 5.91 Å². The van der Waals surface area contributed by atoms with E-state index in [0.717, 1.165) is 28.2 Å². The van der Waals surface area contributed by atoms with Gasteiger partial charge in [-0.05, 0) is 37.3 Å². The quantitative estimate of drug-likeness (QED) is 0.539. The van der Waals surface area contributed by atoms with Crippen LogP contribution in [0.4, 0.5) is 0 Å². The lowest BCUT2D eigenvalue weighted by Crippen LogP contribution is -2.42. The summed E-state index contributed by atoms with van der Waals surface area (Å²) in [7, 11) is 0. The number of nitriles is 1. The summed E-state index contributed by atoms with van der Waals surface area (Å²) in [5.74, 6) is -0.765. The molecule has 134 valence electrons. The molecule has 0 saturated heterocycles. The summed E-state index contributed by atoms with van der Waals surface area (Å²) in [5, 5.41) is 10.7. The van der Waals surface area contributed by atoms with Crippen LogP contribution in [-0.4, -0.2) is 22.6 Å². The van der Waals surface area contributed by atoms with E-state index in [9.17, 15) is 14.9 Å². The molecule has 3 rings (SSSR count). The van der Waals surface area contributed by atoms with Crippen LogP contribution in [0.15, 0.2) is 59.6 Å². The van der Waals surface area contributed by atoms with Crippen molar-refractivity contribution in [2.24, 2.45) is 0 Å². The molecule has 2 amide bonds. The fourth-order valence-electron chi connectivity index (χ4n) is 2.43. The number of rotatable bonds is 4. The highest BCUT2D eigenvalue weighted by Gasteiger charge is 2.11. The number of nitrogens with one attached hydrogen (secondary N) is 2. The Morgan fingerprint density at radius 3 is 2.63 bits per heavy atom. The second-order valence-corrected chi connectivity index (χ2v) is 6.77. The molecular weight excluding hydrogens is 360 g/mol. The third kappa shape index (κ3) is 4.63. The van der Waals surface area contributed by atoms with E-state index in [0.29, 0.717) is 16.2 Å². The maximum absolute atomic E-state index is 12.0. The number of amides is 2. The van der Waals surface area contributed by atoms with Gasteiger partial charge in [0.1, 0.15) is 11.1 Å². The zero-order chi connectivity index (χ0) is 19.2. The molecule has 0 aliphatic rings. The van der Waals surface area contributed by atoms with Gasteiger partial charge in [-0.1, -0.05) is 41.6 Å². The molecule has 0 bridgehead atoms. The average molecular weight is 376 g/mol. The van der Waals surface area contributed by atoms with Gasteiger partial charge in [0.25, 0.3) is 5.91 Å². The van der Waals surface area contributed by atoms with Crippen LogP contribution in [0.25, 0.3) is 10.9 Å². The van der Waals surface area contributed by atoms with E-state index in [4.69, 9.17) is 0 Å². The number of benzene rings is 2. The molecule has 0 unspecified atom stereocenters. The number of hydrazine groups is 1. The minimum absolute atomic E-state index is 0.0219. The van der Waals surface area contributed by atoms with Crippen LogP contribution in [-0.2, 0) is 4.79 Å². The third-order valence-electron chi connectivity index (χ3n) is 3.75. The zero-order valence-corrected chi connectivity index (χ0v) is 15.3. The van der Waals surface area contributed by atoms with Crippen molar-refractivity contribution in [3.05, 3.63) is 71.3 Å². The number of aryl methyl sites for hydroxylation is 1. The molecule has 3 aromatic rings. The standard InChI is InChI=1S/C20H16N4O2S/c1-13-7-8-17-15(9-13)10-16(11-21)20(22-17)27-12-18(25)23-24-19(26)14-5-3-2-4-6-14/h2-10H,12H2,1H3,(H,23,25)(H,24,26). The highest BCUT2D eigenvalue weighted by Crippen LogP contribution is 2.25. The van der Waals surface area contributed by atoms with Gasteiger partial charge >= 0.3 is 0 Å². The molecule has 27 heavy (non-hydrogen) atoms. The van der Waals surface area contributed by atoms with Crippen molar-refractivity contribution >= 4 is 34.5 Å². The second kappa shape index (κ2) is 8.34. The Morgan fingerprint density at radius 2 is 1.89 bits per heavy atom. The summed E-state index contributed by atoms with van der Waals surface area (Å²) >= 11 is 1.15. The molecule has 0 aliphatic heterocycles. The number of thioether (sulfide) groups is 1. The van der Waals surface area contributed by atoms with Gasteiger partial charge in [0.2, 0.25) is 5.91 Å². The molecule has 0 saturated carbocycles. The molecule has 1 heterocycles. The Balaban J connectivity index is 1.62. The molecule has 0 fully saturated rings. The smallest absolute Gasteiger partial charge is 0.269 e. The summed E-state index contributed by atoms with van der Waals surface area (Å²) in [4.78, 5) is 28.4. The molecule has 6 nitrogen and oxygen atoms in total. The first kappa shape index (κ1) is 18.4. The highest BCUT2D eigenvalue weighted by molar-refractivity contribution is 8.00. The minimum Gasteiger partial charge on any atom is -0.272 e. The van der Waals surface area contributed by atoms with Gasteiger partial charge < -0.3 is 0 Å². The van der Waals surface area contributed by atoms with Gasteiger partial charge in [-0.3, -0.25) is 20.4 Å². The van der Waals surface area contributed by atoms with Crippen LogP contribution in [0.2, 0.25) is 0 Å². The van der Waals surface area contributed by atoms with Gasteiger partial charge in [0, 0.05) is 10.9 Å². The average Bonchev–Trinajstić information content (AvgIpc) is 2.70. The minimum atomic E-state index is -0.397. The van der Waals surface area contributed by atoms with Crippen LogP contribution in [0, 0.1) is 18.3 Å². The summed E-state index contributed by atoms with van der Waals surface area (Å²) in [6.07, 6.45) is 0. The van der Waals surface area contributed by atoms with Gasteiger partial charge in [0.05, 0.1) is 16.8 Å². The second-order valence-electron chi connectivity index (χ2n) is 5.81. The first-order chi connectivity index (χ1) is 13.1. The molecule has 2 N–H and O–H groups in total. The van der Waals surface area contributed by atoms with Gasteiger partial charge in [-0.2, -0.15) is 5.26 Å². The molecule has 1 aromatic heterocycles.